The number of fused-ring (bicyclic) bond motifs is 1. The van der Waals surface area contributed by atoms with E-state index in [0.29, 0.717) is 11.0 Å². The number of thioether (sulfide) groups is 1. The van der Waals surface area contributed by atoms with Gasteiger partial charge < -0.3 is 4.57 Å². The SMILES string of the molecule is CCCn1c(SCC(=O)Nc2nnc(C3CCCCC3)s2)nnc1-c1csc2ccccc12. The van der Waals surface area contributed by atoms with Crippen molar-refractivity contribution in [2.45, 2.75) is 63.1 Å². The second-order valence-electron chi connectivity index (χ2n) is 8.22. The first kappa shape index (κ1) is 22.5. The summed E-state index contributed by atoms with van der Waals surface area (Å²) < 4.78 is 3.36. The first-order chi connectivity index (χ1) is 16.2. The molecule has 1 fully saturated rings. The number of carbonyl (C=O) groups is 1. The minimum absolute atomic E-state index is 0.0973. The highest BCUT2D eigenvalue weighted by Crippen LogP contribution is 2.36. The van der Waals surface area contributed by atoms with Crippen molar-refractivity contribution in [3.8, 4) is 11.4 Å². The lowest BCUT2D eigenvalue weighted by atomic mass is 9.90. The Kier molecular flexibility index (Phi) is 7.03. The van der Waals surface area contributed by atoms with Crippen molar-refractivity contribution in [3.63, 3.8) is 0 Å². The smallest absolute Gasteiger partial charge is 0.236 e. The number of hydrogen-bond acceptors (Lipinski definition) is 8. The van der Waals surface area contributed by atoms with Crippen LogP contribution in [0.5, 0.6) is 0 Å². The van der Waals surface area contributed by atoms with E-state index in [0.717, 1.165) is 34.5 Å². The summed E-state index contributed by atoms with van der Waals surface area (Å²) in [5, 5.41) is 26.1. The summed E-state index contributed by atoms with van der Waals surface area (Å²) in [4.78, 5) is 12.6. The Morgan fingerprint density at radius 1 is 1.15 bits per heavy atom. The quantitative estimate of drug-likeness (QED) is 0.291. The number of hydrogen-bond donors (Lipinski definition) is 1. The van der Waals surface area contributed by atoms with E-state index >= 15 is 0 Å². The zero-order valence-corrected chi connectivity index (χ0v) is 20.9. The Hall–Kier alpha value is -2.30. The third-order valence-electron chi connectivity index (χ3n) is 5.86. The number of nitrogens with zero attached hydrogens (tertiary/aromatic N) is 5. The zero-order chi connectivity index (χ0) is 22.6. The predicted octanol–water partition coefficient (Wildman–Crippen LogP) is 6.20. The monoisotopic (exact) mass is 498 g/mol. The van der Waals surface area contributed by atoms with Gasteiger partial charge in [0, 0.05) is 33.5 Å². The van der Waals surface area contributed by atoms with E-state index in [9.17, 15) is 4.79 Å². The van der Waals surface area contributed by atoms with Crippen LogP contribution in [0.1, 0.15) is 56.4 Å². The highest BCUT2D eigenvalue weighted by molar-refractivity contribution is 7.99. The third kappa shape index (κ3) is 4.97. The van der Waals surface area contributed by atoms with Crippen LogP contribution in [0.3, 0.4) is 0 Å². The van der Waals surface area contributed by atoms with Crippen molar-refractivity contribution < 1.29 is 4.79 Å². The van der Waals surface area contributed by atoms with E-state index in [-0.39, 0.29) is 11.7 Å². The molecular weight excluding hydrogens is 472 g/mol. The van der Waals surface area contributed by atoms with Gasteiger partial charge in [-0.25, -0.2) is 0 Å². The lowest BCUT2D eigenvalue weighted by Crippen LogP contribution is -2.14. The number of benzene rings is 1. The summed E-state index contributed by atoms with van der Waals surface area (Å²) >= 11 is 4.63. The van der Waals surface area contributed by atoms with E-state index in [1.807, 2.05) is 6.07 Å². The molecule has 1 aliphatic rings. The van der Waals surface area contributed by atoms with E-state index in [1.54, 1.807) is 11.3 Å². The third-order valence-corrected chi connectivity index (χ3v) is 8.79. The number of amides is 1. The molecule has 1 aliphatic carbocycles. The number of rotatable bonds is 8. The van der Waals surface area contributed by atoms with E-state index in [1.165, 1.54) is 65.3 Å². The van der Waals surface area contributed by atoms with Gasteiger partial charge in [0.15, 0.2) is 11.0 Å². The van der Waals surface area contributed by atoms with E-state index < -0.39 is 0 Å². The molecule has 5 rings (SSSR count). The molecule has 0 atom stereocenters. The average Bonchev–Trinajstić information content (AvgIpc) is 3.57. The Morgan fingerprint density at radius 2 is 2.00 bits per heavy atom. The van der Waals surface area contributed by atoms with Crippen molar-refractivity contribution in [1.82, 2.24) is 25.0 Å². The number of nitrogens with one attached hydrogen (secondary N) is 1. The molecule has 1 aromatic carbocycles. The number of aromatic nitrogens is 5. The van der Waals surface area contributed by atoms with Crippen molar-refractivity contribution in [2.24, 2.45) is 0 Å². The maximum absolute atomic E-state index is 12.6. The number of thiophene rings is 1. The van der Waals surface area contributed by atoms with E-state index in [4.69, 9.17) is 0 Å². The molecule has 4 aromatic rings. The van der Waals surface area contributed by atoms with Gasteiger partial charge in [0.1, 0.15) is 5.01 Å². The van der Waals surface area contributed by atoms with Crippen molar-refractivity contribution in [3.05, 3.63) is 34.7 Å². The maximum atomic E-state index is 12.6. The van der Waals surface area contributed by atoms with Gasteiger partial charge in [0.25, 0.3) is 0 Å². The second kappa shape index (κ2) is 10.3. The van der Waals surface area contributed by atoms with Crippen LogP contribution >= 0.6 is 34.4 Å². The summed E-state index contributed by atoms with van der Waals surface area (Å²) in [6, 6.07) is 8.34. The second-order valence-corrected chi connectivity index (χ2v) is 11.1. The molecule has 0 bridgehead atoms. The van der Waals surface area contributed by atoms with Crippen LogP contribution in [-0.4, -0.2) is 36.6 Å². The van der Waals surface area contributed by atoms with Gasteiger partial charge in [0.2, 0.25) is 11.0 Å². The Bertz CT molecular complexity index is 1240. The molecule has 1 amide bonds. The van der Waals surface area contributed by atoms with Crippen LogP contribution in [0.2, 0.25) is 0 Å². The summed E-state index contributed by atoms with van der Waals surface area (Å²) in [6.07, 6.45) is 7.12. The fourth-order valence-electron chi connectivity index (χ4n) is 4.26. The van der Waals surface area contributed by atoms with Gasteiger partial charge in [-0.2, -0.15) is 0 Å². The predicted molar refractivity (Wildman–Crippen MR) is 136 cm³/mol. The topological polar surface area (TPSA) is 85.6 Å². The first-order valence-electron chi connectivity index (χ1n) is 11.4. The van der Waals surface area contributed by atoms with Crippen molar-refractivity contribution in [2.75, 3.05) is 11.1 Å². The molecule has 1 saturated carbocycles. The largest absolute Gasteiger partial charge is 0.302 e. The normalized spacial score (nSPS) is 14.7. The van der Waals surface area contributed by atoms with Gasteiger partial charge in [-0.3, -0.25) is 10.1 Å². The van der Waals surface area contributed by atoms with Gasteiger partial charge in [-0.15, -0.1) is 31.7 Å². The molecule has 0 spiro atoms. The van der Waals surface area contributed by atoms with Gasteiger partial charge in [-0.05, 0) is 25.3 Å². The molecule has 1 N–H and O–H groups in total. The minimum Gasteiger partial charge on any atom is -0.302 e. The summed E-state index contributed by atoms with van der Waals surface area (Å²) in [5.74, 6) is 1.51. The molecule has 0 radical (unpaired) electrons. The fourth-order valence-corrected chi connectivity index (χ4v) is 6.89. The van der Waals surface area contributed by atoms with Crippen LogP contribution < -0.4 is 5.32 Å². The average molecular weight is 499 g/mol. The lowest BCUT2D eigenvalue weighted by molar-refractivity contribution is -0.113. The Balaban J connectivity index is 1.26. The zero-order valence-electron chi connectivity index (χ0n) is 18.5. The molecule has 172 valence electrons. The van der Waals surface area contributed by atoms with Crippen molar-refractivity contribution in [1.29, 1.82) is 0 Å². The van der Waals surface area contributed by atoms with Crippen LogP contribution in [0.25, 0.3) is 21.5 Å². The van der Waals surface area contributed by atoms with Crippen LogP contribution in [0.15, 0.2) is 34.8 Å². The van der Waals surface area contributed by atoms with Crippen LogP contribution in [-0.2, 0) is 11.3 Å². The highest BCUT2D eigenvalue weighted by Gasteiger charge is 2.21. The standard InChI is InChI=1S/C23H26N6OS3/c1-2-12-29-20(17-13-31-18-11-7-6-10-16(17)18)25-28-23(29)32-14-19(30)24-22-27-26-21(33-22)15-8-4-3-5-9-15/h6-7,10-11,13,15H,2-5,8-9,12,14H2,1H3,(H,24,27,30). The highest BCUT2D eigenvalue weighted by atomic mass is 32.2. The molecule has 10 heteroatoms. The first-order valence-corrected chi connectivity index (χ1v) is 14.1. The van der Waals surface area contributed by atoms with Gasteiger partial charge >= 0.3 is 0 Å². The molecule has 33 heavy (non-hydrogen) atoms. The number of carbonyl (C=O) groups excluding carboxylic acids is 1. The van der Waals surface area contributed by atoms with Gasteiger partial charge in [-0.1, -0.05) is 67.5 Å². The molecule has 3 heterocycles. The van der Waals surface area contributed by atoms with Crippen LogP contribution in [0.4, 0.5) is 5.13 Å². The van der Waals surface area contributed by atoms with E-state index in [2.05, 4.69) is 60.8 Å². The molecule has 0 unspecified atom stereocenters. The maximum Gasteiger partial charge on any atom is 0.236 e. The Labute approximate surface area is 205 Å². The van der Waals surface area contributed by atoms with Crippen molar-refractivity contribution >= 4 is 55.6 Å². The Morgan fingerprint density at radius 3 is 2.85 bits per heavy atom. The molecule has 3 aromatic heterocycles. The summed E-state index contributed by atoms with van der Waals surface area (Å²) in [5.41, 5.74) is 1.09. The molecule has 0 saturated heterocycles. The summed E-state index contributed by atoms with van der Waals surface area (Å²) in [7, 11) is 0. The summed E-state index contributed by atoms with van der Waals surface area (Å²) in [6.45, 7) is 2.94. The minimum atomic E-state index is -0.0973. The molecular formula is C23H26N6OS3. The molecule has 7 nitrogen and oxygen atoms in total. The number of anilines is 1. The van der Waals surface area contributed by atoms with Crippen LogP contribution in [0, 0.1) is 0 Å². The molecule has 0 aliphatic heterocycles. The fraction of sp³-hybridized carbons (Fsp3) is 0.435. The lowest BCUT2D eigenvalue weighted by Gasteiger charge is -2.18. The van der Waals surface area contributed by atoms with Gasteiger partial charge in [0.05, 0.1) is 5.75 Å².